The van der Waals surface area contributed by atoms with Crippen molar-refractivity contribution in [3.05, 3.63) is 0 Å². The second-order valence-corrected chi connectivity index (χ2v) is 4.34. The predicted molar refractivity (Wildman–Crippen MR) is 38.5 cm³/mol. The molecule has 1 aliphatic heterocycles. The molecule has 0 unspecified atom stereocenters. The number of hydrogen-bond donors (Lipinski definition) is 1. The summed E-state index contributed by atoms with van der Waals surface area (Å²) in [5, 5.41) is 4.90. The molecule has 0 amide bonds. The monoisotopic (exact) mass is 164 g/mol. The lowest BCUT2D eigenvalue weighted by atomic mass is 10.2. The molecule has 1 aliphatic rings. The molecule has 1 rings (SSSR count). The average molecular weight is 164 g/mol. The predicted octanol–water partition coefficient (Wildman–Crippen LogP) is -0.468. The molecule has 0 aliphatic carbocycles. The van der Waals surface area contributed by atoms with Crippen molar-refractivity contribution in [1.82, 2.24) is 4.31 Å². The Hall–Kier alpha value is -0.130. The Morgan fingerprint density at radius 1 is 1.60 bits per heavy atom. The van der Waals surface area contributed by atoms with Crippen LogP contribution in [0, 0.1) is 5.92 Å². The zero-order valence-electron chi connectivity index (χ0n) is 5.95. The van der Waals surface area contributed by atoms with E-state index in [1.165, 1.54) is 4.31 Å². The molecule has 5 heteroatoms. The van der Waals surface area contributed by atoms with Gasteiger partial charge in [0.25, 0.3) is 10.2 Å². The van der Waals surface area contributed by atoms with Crippen LogP contribution in [0.15, 0.2) is 0 Å². The third-order valence-corrected chi connectivity index (χ3v) is 2.80. The summed E-state index contributed by atoms with van der Waals surface area (Å²) in [6, 6.07) is 0. The van der Waals surface area contributed by atoms with Crippen LogP contribution in [-0.4, -0.2) is 25.8 Å². The summed E-state index contributed by atoms with van der Waals surface area (Å²) in [5.41, 5.74) is 0. The maximum Gasteiger partial charge on any atom is 0.276 e. The van der Waals surface area contributed by atoms with Crippen molar-refractivity contribution in [3.63, 3.8) is 0 Å². The van der Waals surface area contributed by atoms with Gasteiger partial charge in [-0.1, -0.05) is 6.92 Å². The molecule has 1 heterocycles. The summed E-state index contributed by atoms with van der Waals surface area (Å²) in [6.07, 6.45) is 0.927. The number of nitrogens with zero attached hydrogens (tertiary/aromatic N) is 1. The van der Waals surface area contributed by atoms with Gasteiger partial charge in [-0.15, -0.1) is 0 Å². The highest BCUT2D eigenvalue weighted by molar-refractivity contribution is 7.86. The smallest absolute Gasteiger partial charge is 0.216 e. The quantitative estimate of drug-likeness (QED) is 0.569. The average Bonchev–Trinajstić information content (AvgIpc) is 2.11. The van der Waals surface area contributed by atoms with Crippen molar-refractivity contribution in [3.8, 4) is 0 Å². The fourth-order valence-electron chi connectivity index (χ4n) is 1.13. The van der Waals surface area contributed by atoms with E-state index >= 15 is 0 Å². The Bertz CT molecular complexity index is 212. The molecule has 0 bridgehead atoms. The number of nitrogens with two attached hydrogens (primary N) is 1. The van der Waals surface area contributed by atoms with E-state index < -0.39 is 10.2 Å². The van der Waals surface area contributed by atoms with Crippen molar-refractivity contribution < 1.29 is 8.42 Å². The highest BCUT2D eigenvalue weighted by Crippen LogP contribution is 2.16. The van der Waals surface area contributed by atoms with Crippen LogP contribution >= 0.6 is 0 Å². The van der Waals surface area contributed by atoms with Crippen LogP contribution in [0.5, 0.6) is 0 Å². The second-order valence-electron chi connectivity index (χ2n) is 2.80. The van der Waals surface area contributed by atoms with Gasteiger partial charge in [0.1, 0.15) is 0 Å². The first-order valence-corrected chi connectivity index (χ1v) is 4.78. The molecule has 0 aromatic rings. The van der Waals surface area contributed by atoms with Crippen LogP contribution in [0.3, 0.4) is 0 Å². The maximum absolute atomic E-state index is 10.7. The first-order chi connectivity index (χ1) is 4.50. The van der Waals surface area contributed by atoms with Crippen LogP contribution < -0.4 is 5.14 Å². The fourth-order valence-corrected chi connectivity index (χ4v) is 1.95. The van der Waals surface area contributed by atoms with Crippen LogP contribution in [0.4, 0.5) is 0 Å². The number of rotatable bonds is 1. The van der Waals surface area contributed by atoms with Crippen molar-refractivity contribution in [2.24, 2.45) is 11.1 Å². The zero-order chi connectivity index (χ0) is 7.78. The van der Waals surface area contributed by atoms with Crippen LogP contribution in [0.1, 0.15) is 13.3 Å². The van der Waals surface area contributed by atoms with E-state index in [0.717, 1.165) is 6.42 Å². The Labute approximate surface area is 61.2 Å². The number of hydrogen-bond acceptors (Lipinski definition) is 2. The molecule has 0 saturated carbocycles. The highest BCUT2D eigenvalue weighted by atomic mass is 32.2. The van der Waals surface area contributed by atoms with E-state index in [2.05, 4.69) is 0 Å². The van der Waals surface area contributed by atoms with Crippen molar-refractivity contribution >= 4 is 10.2 Å². The molecular formula is C5H12N2O2S. The van der Waals surface area contributed by atoms with E-state index in [0.29, 0.717) is 19.0 Å². The molecule has 1 saturated heterocycles. The molecule has 1 atom stereocenters. The summed E-state index contributed by atoms with van der Waals surface area (Å²) in [5.74, 6) is 0.457. The summed E-state index contributed by atoms with van der Waals surface area (Å²) in [6.45, 7) is 3.18. The summed E-state index contributed by atoms with van der Waals surface area (Å²) in [7, 11) is -3.40. The Morgan fingerprint density at radius 2 is 2.20 bits per heavy atom. The first-order valence-electron chi connectivity index (χ1n) is 3.28. The molecular weight excluding hydrogens is 152 g/mol. The highest BCUT2D eigenvalue weighted by Gasteiger charge is 2.25. The molecule has 2 N–H and O–H groups in total. The minimum atomic E-state index is -3.40. The topological polar surface area (TPSA) is 63.4 Å². The van der Waals surface area contributed by atoms with Crippen molar-refractivity contribution in [2.75, 3.05) is 13.1 Å². The Kier molecular flexibility index (Phi) is 1.98. The second kappa shape index (κ2) is 2.48. The summed E-state index contributed by atoms with van der Waals surface area (Å²) in [4.78, 5) is 0. The molecule has 0 aromatic heterocycles. The lowest BCUT2D eigenvalue weighted by molar-refractivity contribution is 0.465. The zero-order valence-corrected chi connectivity index (χ0v) is 6.76. The SMILES string of the molecule is C[C@@H]1CCN(S(N)(=O)=O)C1. The molecule has 0 spiro atoms. The van der Waals surface area contributed by atoms with Crippen LogP contribution in [0.2, 0.25) is 0 Å². The van der Waals surface area contributed by atoms with Gasteiger partial charge in [-0.05, 0) is 12.3 Å². The van der Waals surface area contributed by atoms with Gasteiger partial charge in [0, 0.05) is 13.1 Å². The molecule has 60 valence electrons. The Balaban J connectivity index is 2.62. The van der Waals surface area contributed by atoms with E-state index in [1.54, 1.807) is 0 Å². The van der Waals surface area contributed by atoms with Crippen molar-refractivity contribution in [1.29, 1.82) is 0 Å². The van der Waals surface area contributed by atoms with E-state index in [4.69, 9.17) is 5.14 Å². The normalized spacial score (nSPS) is 29.2. The summed E-state index contributed by atoms with van der Waals surface area (Å²) >= 11 is 0. The van der Waals surface area contributed by atoms with E-state index in [1.807, 2.05) is 6.92 Å². The Morgan fingerprint density at radius 3 is 2.40 bits per heavy atom. The first kappa shape index (κ1) is 7.97. The molecule has 1 fully saturated rings. The molecule has 10 heavy (non-hydrogen) atoms. The minimum Gasteiger partial charge on any atom is -0.216 e. The third kappa shape index (κ3) is 1.68. The van der Waals surface area contributed by atoms with Gasteiger partial charge in [0.15, 0.2) is 0 Å². The van der Waals surface area contributed by atoms with Gasteiger partial charge in [-0.2, -0.15) is 12.7 Å². The maximum atomic E-state index is 10.7. The molecule has 0 radical (unpaired) electrons. The van der Waals surface area contributed by atoms with Gasteiger partial charge < -0.3 is 0 Å². The van der Waals surface area contributed by atoms with Gasteiger partial charge in [0.05, 0.1) is 0 Å². The van der Waals surface area contributed by atoms with Gasteiger partial charge in [0.2, 0.25) is 0 Å². The largest absolute Gasteiger partial charge is 0.276 e. The van der Waals surface area contributed by atoms with Gasteiger partial charge in [-0.25, -0.2) is 5.14 Å². The lowest BCUT2D eigenvalue weighted by Crippen LogP contribution is -2.34. The fraction of sp³-hybridized carbons (Fsp3) is 1.00. The summed E-state index contributed by atoms with van der Waals surface area (Å²) < 4.78 is 22.7. The lowest BCUT2D eigenvalue weighted by Gasteiger charge is -2.10. The molecule has 4 nitrogen and oxygen atoms in total. The minimum absolute atomic E-state index is 0.457. The van der Waals surface area contributed by atoms with Gasteiger partial charge in [-0.3, -0.25) is 0 Å². The van der Waals surface area contributed by atoms with Crippen LogP contribution in [-0.2, 0) is 10.2 Å². The van der Waals surface area contributed by atoms with Crippen LogP contribution in [0.25, 0.3) is 0 Å². The third-order valence-electron chi connectivity index (χ3n) is 1.75. The standard InChI is InChI=1S/C5H12N2O2S/c1-5-2-3-7(4-5)10(6,8)9/h5H,2-4H2,1H3,(H2,6,8,9)/t5-/m1/s1. The van der Waals surface area contributed by atoms with Gasteiger partial charge >= 0.3 is 0 Å². The van der Waals surface area contributed by atoms with E-state index in [9.17, 15) is 8.42 Å². The molecule has 0 aromatic carbocycles. The van der Waals surface area contributed by atoms with Crippen molar-refractivity contribution in [2.45, 2.75) is 13.3 Å². The van der Waals surface area contributed by atoms with E-state index in [-0.39, 0.29) is 0 Å².